The van der Waals surface area contributed by atoms with Gasteiger partial charge in [-0.3, -0.25) is 4.90 Å². The van der Waals surface area contributed by atoms with Crippen LogP contribution in [-0.4, -0.2) is 73.1 Å². The maximum absolute atomic E-state index is 12.0. The van der Waals surface area contributed by atoms with Crippen molar-refractivity contribution in [3.8, 4) is 0 Å². The molecule has 1 aliphatic rings. The fourth-order valence-electron chi connectivity index (χ4n) is 2.04. The summed E-state index contributed by atoms with van der Waals surface area (Å²) in [5.74, 6) is 0. The average Bonchev–Trinajstić information content (AvgIpc) is 2.32. The highest BCUT2D eigenvalue weighted by Crippen LogP contribution is 2.05. The maximum atomic E-state index is 12.0. The van der Waals surface area contributed by atoms with Crippen LogP contribution < -0.4 is 5.73 Å². The fraction of sp³-hybridized carbons (Fsp3) is 0.909. The molecule has 2 N–H and O–H groups in total. The molecule has 0 atom stereocenters. The van der Waals surface area contributed by atoms with E-state index >= 15 is 0 Å². The smallest absolute Gasteiger partial charge is 0.320 e. The van der Waals surface area contributed by atoms with E-state index in [1.165, 1.54) is 0 Å². The van der Waals surface area contributed by atoms with E-state index in [4.69, 9.17) is 5.73 Å². The third kappa shape index (κ3) is 3.35. The van der Waals surface area contributed by atoms with Crippen LogP contribution in [0.2, 0.25) is 0 Å². The van der Waals surface area contributed by atoms with Crippen LogP contribution in [0.4, 0.5) is 4.79 Å². The lowest BCUT2D eigenvalue weighted by molar-refractivity contribution is 0.116. The van der Waals surface area contributed by atoms with Gasteiger partial charge < -0.3 is 15.5 Å². The van der Waals surface area contributed by atoms with Crippen molar-refractivity contribution < 1.29 is 4.79 Å². The molecule has 5 nitrogen and oxygen atoms in total. The van der Waals surface area contributed by atoms with E-state index in [1.807, 2.05) is 23.6 Å². The summed E-state index contributed by atoms with van der Waals surface area (Å²) < 4.78 is 0. The zero-order valence-corrected chi connectivity index (χ0v) is 10.5. The van der Waals surface area contributed by atoms with E-state index in [-0.39, 0.29) is 6.03 Å². The topological polar surface area (TPSA) is 52.8 Å². The minimum Gasteiger partial charge on any atom is -0.329 e. The van der Waals surface area contributed by atoms with Crippen molar-refractivity contribution in [3.63, 3.8) is 0 Å². The Kier molecular flexibility index (Phi) is 5.55. The molecule has 0 saturated carbocycles. The molecule has 16 heavy (non-hydrogen) atoms. The van der Waals surface area contributed by atoms with Crippen LogP contribution in [-0.2, 0) is 0 Å². The van der Waals surface area contributed by atoms with Crippen LogP contribution in [0.25, 0.3) is 0 Å². The third-order valence-corrected chi connectivity index (χ3v) is 3.12. The van der Waals surface area contributed by atoms with Gasteiger partial charge in [0.2, 0.25) is 0 Å². The lowest BCUT2D eigenvalue weighted by Gasteiger charge is -2.36. The van der Waals surface area contributed by atoms with Gasteiger partial charge in [-0.15, -0.1) is 0 Å². The summed E-state index contributed by atoms with van der Waals surface area (Å²) in [6.45, 7) is 10.8. The van der Waals surface area contributed by atoms with Gasteiger partial charge in [-0.25, -0.2) is 4.79 Å². The molecule has 1 rings (SSSR count). The molecule has 5 heteroatoms. The third-order valence-electron chi connectivity index (χ3n) is 3.12. The minimum absolute atomic E-state index is 0.178. The van der Waals surface area contributed by atoms with Gasteiger partial charge in [-0.05, 0) is 13.8 Å². The fourth-order valence-corrected chi connectivity index (χ4v) is 2.04. The summed E-state index contributed by atoms with van der Waals surface area (Å²) in [6.07, 6.45) is 0. The van der Waals surface area contributed by atoms with Crippen molar-refractivity contribution in [1.29, 1.82) is 0 Å². The predicted octanol–water partition coefficient (Wildman–Crippen LogP) is 0.0245. The Hall–Kier alpha value is -0.810. The first-order valence-electron chi connectivity index (χ1n) is 6.19. The van der Waals surface area contributed by atoms with Crippen molar-refractivity contribution in [2.45, 2.75) is 13.8 Å². The number of hydrogen-bond acceptors (Lipinski definition) is 3. The van der Waals surface area contributed by atoms with Crippen molar-refractivity contribution >= 4 is 6.03 Å². The largest absolute Gasteiger partial charge is 0.329 e. The molecule has 1 fully saturated rings. The molecule has 2 amide bonds. The number of rotatable bonds is 4. The molecule has 0 radical (unpaired) electrons. The van der Waals surface area contributed by atoms with Gasteiger partial charge in [0, 0.05) is 52.4 Å². The summed E-state index contributed by atoms with van der Waals surface area (Å²) in [5, 5.41) is 0. The number of nitrogens with two attached hydrogens (primary N) is 1. The summed E-state index contributed by atoms with van der Waals surface area (Å²) in [4.78, 5) is 18.2. The number of carbonyl (C=O) groups excluding carboxylic acids is 1. The summed E-state index contributed by atoms with van der Waals surface area (Å²) in [6, 6.07) is 0.178. The Morgan fingerprint density at radius 3 is 2.19 bits per heavy atom. The second kappa shape index (κ2) is 6.70. The number of urea groups is 1. The number of hydrogen-bond donors (Lipinski definition) is 1. The van der Waals surface area contributed by atoms with E-state index in [0.29, 0.717) is 6.54 Å². The van der Waals surface area contributed by atoms with Crippen LogP contribution in [0.5, 0.6) is 0 Å². The van der Waals surface area contributed by atoms with Crippen LogP contribution in [0, 0.1) is 0 Å². The van der Waals surface area contributed by atoms with E-state index in [2.05, 4.69) is 4.90 Å². The van der Waals surface area contributed by atoms with Crippen LogP contribution in [0.3, 0.4) is 0 Å². The van der Waals surface area contributed by atoms with Crippen molar-refractivity contribution in [2.24, 2.45) is 5.73 Å². The highest BCUT2D eigenvalue weighted by Gasteiger charge is 2.23. The SMILES string of the molecule is CCN(CC)C(=O)N1CCN(CCN)CC1. The van der Waals surface area contributed by atoms with Gasteiger partial charge in [0.05, 0.1) is 0 Å². The predicted molar refractivity (Wildman–Crippen MR) is 65.4 cm³/mol. The monoisotopic (exact) mass is 228 g/mol. The highest BCUT2D eigenvalue weighted by atomic mass is 16.2. The zero-order chi connectivity index (χ0) is 12.0. The van der Waals surface area contributed by atoms with Crippen LogP contribution in [0.15, 0.2) is 0 Å². The Balaban J connectivity index is 2.38. The second-order valence-electron chi connectivity index (χ2n) is 4.07. The van der Waals surface area contributed by atoms with Gasteiger partial charge >= 0.3 is 6.03 Å². The lowest BCUT2D eigenvalue weighted by Crippen LogP contribution is -2.53. The molecule has 1 heterocycles. The van der Waals surface area contributed by atoms with Crippen molar-refractivity contribution in [1.82, 2.24) is 14.7 Å². The first kappa shape index (κ1) is 13.3. The first-order chi connectivity index (χ1) is 7.72. The van der Waals surface area contributed by atoms with Gasteiger partial charge in [-0.1, -0.05) is 0 Å². The number of amides is 2. The molecule has 1 saturated heterocycles. The summed E-state index contributed by atoms with van der Waals surface area (Å²) >= 11 is 0. The van der Waals surface area contributed by atoms with Crippen LogP contribution >= 0.6 is 0 Å². The molecule has 1 aliphatic heterocycles. The summed E-state index contributed by atoms with van der Waals surface area (Å²) in [5.41, 5.74) is 5.51. The average molecular weight is 228 g/mol. The Morgan fingerprint density at radius 1 is 1.19 bits per heavy atom. The molecule has 0 bridgehead atoms. The Bertz CT molecular complexity index is 210. The van der Waals surface area contributed by atoms with E-state index in [1.54, 1.807) is 0 Å². The van der Waals surface area contributed by atoms with Gasteiger partial charge in [-0.2, -0.15) is 0 Å². The van der Waals surface area contributed by atoms with E-state index < -0.39 is 0 Å². The lowest BCUT2D eigenvalue weighted by atomic mass is 10.3. The molecule has 0 aliphatic carbocycles. The molecule has 94 valence electrons. The zero-order valence-electron chi connectivity index (χ0n) is 10.5. The molecule has 0 aromatic carbocycles. The number of nitrogens with zero attached hydrogens (tertiary/aromatic N) is 3. The quantitative estimate of drug-likeness (QED) is 0.738. The van der Waals surface area contributed by atoms with E-state index in [9.17, 15) is 4.79 Å². The van der Waals surface area contributed by atoms with Crippen molar-refractivity contribution in [2.75, 3.05) is 52.4 Å². The standard InChI is InChI=1S/C11H24N4O/c1-3-14(4-2)11(16)15-9-7-13(6-5-12)8-10-15/h3-10,12H2,1-2H3. The molecular weight excluding hydrogens is 204 g/mol. The highest BCUT2D eigenvalue weighted by molar-refractivity contribution is 5.74. The van der Waals surface area contributed by atoms with Crippen molar-refractivity contribution in [3.05, 3.63) is 0 Å². The molecular formula is C11H24N4O. The minimum atomic E-state index is 0.178. The Morgan fingerprint density at radius 2 is 1.75 bits per heavy atom. The molecule has 0 unspecified atom stereocenters. The molecule has 0 aromatic rings. The number of piperazine rings is 1. The number of carbonyl (C=O) groups is 1. The maximum Gasteiger partial charge on any atom is 0.320 e. The molecule has 0 aromatic heterocycles. The van der Waals surface area contributed by atoms with Gasteiger partial charge in [0.25, 0.3) is 0 Å². The molecule has 0 spiro atoms. The normalized spacial score (nSPS) is 17.6. The second-order valence-corrected chi connectivity index (χ2v) is 4.07. The van der Waals surface area contributed by atoms with Gasteiger partial charge in [0.1, 0.15) is 0 Å². The van der Waals surface area contributed by atoms with Gasteiger partial charge in [0.15, 0.2) is 0 Å². The Labute approximate surface area is 98.2 Å². The summed E-state index contributed by atoms with van der Waals surface area (Å²) in [7, 11) is 0. The van der Waals surface area contributed by atoms with E-state index in [0.717, 1.165) is 45.8 Å². The van der Waals surface area contributed by atoms with Crippen LogP contribution in [0.1, 0.15) is 13.8 Å². The first-order valence-corrected chi connectivity index (χ1v) is 6.19.